The predicted octanol–water partition coefficient (Wildman–Crippen LogP) is 1.75. The second-order valence-electron chi connectivity index (χ2n) is 4.96. The number of nitrogens with zero attached hydrogens (tertiary/aromatic N) is 3. The Labute approximate surface area is 134 Å². The number of methoxy groups -OCH3 is 1. The topological polar surface area (TPSA) is 83.0 Å². The summed E-state index contributed by atoms with van der Waals surface area (Å²) >= 11 is 1.32. The Bertz CT molecular complexity index is 639. The minimum Gasteiger partial charge on any atom is -0.468 e. The molecule has 22 heavy (non-hydrogen) atoms. The molecule has 118 valence electrons. The summed E-state index contributed by atoms with van der Waals surface area (Å²) in [4.78, 5) is 11.6. The number of esters is 1. The van der Waals surface area contributed by atoms with Gasteiger partial charge in [0.15, 0.2) is 5.16 Å². The third-order valence-corrected chi connectivity index (χ3v) is 4.31. The van der Waals surface area contributed by atoms with E-state index in [9.17, 15) is 4.79 Å². The third-order valence-electron chi connectivity index (χ3n) is 3.25. The minimum absolute atomic E-state index is 0.288. The molecule has 2 aromatic rings. The van der Waals surface area contributed by atoms with Crippen molar-refractivity contribution in [1.82, 2.24) is 14.8 Å². The quantitative estimate of drug-likeness (QED) is 0.645. The number of aromatic nitrogens is 3. The molecule has 7 heteroatoms. The normalized spacial score (nSPS) is 12.2. The zero-order valence-electron chi connectivity index (χ0n) is 12.9. The van der Waals surface area contributed by atoms with Crippen molar-refractivity contribution in [3.05, 3.63) is 41.2 Å². The van der Waals surface area contributed by atoms with Crippen LogP contribution < -0.4 is 5.73 Å². The van der Waals surface area contributed by atoms with E-state index in [1.165, 1.54) is 24.4 Å². The maximum absolute atomic E-state index is 11.6. The van der Waals surface area contributed by atoms with Gasteiger partial charge in [-0.2, -0.15) is 0 Å². The molecule has 1 heterocycles. The SMILES string of the molecule is COC(=O)C(C)Sc1nnc(CN)n1Cc1ccc(C)cc1. The van der Waals surface area contributed by atoms with E-state index < -0.39 is 0 Å². The average molecular weight is 320 g/mol. The van der Waals surface area contributed by atoms with Crippen molar-refractivity contribution in [3.8, 4) is 0 Å². The molecule has 0 spiro atoms. The summed E-state index contributed by atoms with van der Waals surface area (Å²) < 4.78 is 6.69. The van der Waals surface area contributed by atoms with E-state index in [1.54, 1.807) is 6.92 Å². The molecule has 0 aliphatic heterocycles. The first-order valence-electron chi connectivity index (χ1n) is 6.97. The summed E-state index contributed by atoms with van der Waals surface area (Å²) in [5.41, 5.74) is 8.08. The number of thioether (sulfide) groups is 1. The number of rotatable bonds is 6. The summed E-state index contributed by atoms with van der Waals surface area (Å²) in [5.74, 6) is 0.407. The Morgan fingerprint density at radius 1 is 1.36 bits per heavy atom. The van der Waals surface area contributed by atoms with E-state index >= 15 is 0 Å². The maximum Gasteiger partial charge on any atom is 0.318 e. The first-order valence-corrected chi connectivity index (χ1v) is 7.85. The van der Waals surface area contributed by atoms with E-state index in [1.807, 2.05) is 11.5 Å². The highest BCUT2D eigenvalue weighted by molar-refractivity contribution is 8.00. The fourth-order valence-corrected chi connectivity index (χ4v) is 2.86. The van der Waals surface area contributed by atoms with Crippen molar-refractivity contribution < 1.29 is 9.53 Å². The summed E-state index contributed by atoms with van der Waals surface area (Å²) in [5, 5.41) is 8.56. The molecule has 0 aliphatic carbocycles. The molecule has 0 saturated heterocycles. The van der Waals surface area contributed by atoms with Gasteiger partial charge in [-0.3, -0.25) is 4.79 Å². The van der Waals surface area contributed by atoms with Crippen molar-refractivity contribution in [1.29, 1.82) is 0 Å². The van der Waals surface area contributed by atoms with E-state index in [2.05, 4.69) is 34.5 Å². The molecule has 1 aromatic heterocycles. The number of carbonyl (C=O) groups is 1. The largest absolute Gasteiger partial charge is 0.468 e. The minimum atomic E-state index is -0.350. The van der Waals surface area contributed by atoms with Gasteiger partial charge in [-0.05, 0) is 19.4 Å². The summed E-state index contributed by atoms with van der Waals surface area (Å²) in [6.07, 6.45) is 0. The van der Waals surface area contributed by atoms with Gasteiger partial charge in [0, 0.05) is 0 Å². The lowest BCUT2D eigenvalue weighted by Gasteiger charge is -2.12. The van der Waals surface area contributed by atoms with Crippen molar-refractivity contribution in [2.75, 3.05) is 7.11 Å². The van der Waals surface area contributed by atoms with Gasteiger partial charge >= 0.3 is 5.97 Å². The molecule has 0 radical (unpaired) electrons. The Hall–Kier alpha value is -1.86. The van der Waals surface area contributed by atoms with Crippen LogP contribution in [-0.2, 0) is 22.6 Å². The van der Waals surface area contributed by atoms with Crippen LogP contribution in [0.15, 0.2) is 29.4 Å². The van der Waals surface area contributed by atoms with Crippen molar-refractivity contribution in [3.63, 3.8) is 0 Å². The Kier molecular flexibility index (Phi) is 5.57. The van der Waals surface area contributed by atoms with Gasteiger partial charge in [0.1, 0.15) is 11.1 Å². The zero-order chi connectivity index (χ0) is 16.1. The van der Waals surface area contributed by atoms with E-state index in [-0.39, 0.29) is 11.2 Å². The van der Waals surface area contributed by atoms with E-state index in [0.29, 0.717) is 24.1 Å². The lowest BCUT2D eigenvalue weighted by Crippen LogP contribution is -2.16. The molecule has 6 nitrogen and oxygen atoms in total. The van der Waals surface area contributed by atoms with Gasteiger partial charge in [0.05, 0.1) is 20.2 Å². The van der Waals surface area contributed by atoms with Crippen LogP contribution in [0, 0.1) is 6.92 Å². The van der Waals surface area contributed by atoms with Crippen LogP contribution in [0.3, 0.4) is 0 Å². The molecule has 1 unspecified atom stereocenters. The molecule has 0 saturated carbocycles. The highest BCUT2D eigenvalue weighted by Gasteiger charge is 2.20. The highest BCUT2D eigenvalue weighted by atomic mass is 32.2. The molecule has 0 bridgehead atoms. The van der Waals surface area contributed by atoms with Gasteiger partial charge in [0.25, 0.3) is 0 Å². The Morgan fingerprint density at radius 2 is 2.05 bits per heavy atom. The maximum atomic E-state index is 11.6. The van der Waals surface area contributed by atoms with Crippen LogP contribution in [0.2, 0.25) is 0 Å². The molecular formula is C15H20N4O2S. The highest BCUT2D eigenvalue weighted by Crippen LogP contribution is 2.24. The standard InChI is InChI=1S/C15H20N4O2S/c1-10-4-6-12(7-5-10)9-19-13(8-16)17-18-15(19)22-11(2)14(20)21-3/h4-7,11H,8-9,16H2,1-3H3. The van der Waals surface area contributed by atoms with Crippen LogP contribution in [0.4, 0.5) is 0 Å². The Morgan fingerprint density at radius 3 is 2.64 bits per heavy atom. The zero-order valence-corrected chi connectivity index (χ0v) is 13.8. The second kappa shape index (κ2) is 7.42. The summed E-state index contributed by atoms with van der Waals surface area (Å²) in [6, 6.07) is 8.25. The van der Waals surface area contributed by atoms with Crippen LogP contribution in [0.5, 0.6) is 0 Å². The fourth-order valence-electron chi connectivity index (χ4n) is 1.96. The summed E-state index contributed by atoms with van der Waals surface area (Å²) in [6.45, 7) is 4.75. The molecule has 0 aliphatic rings. The molecule has 0 amide bonds. The first-order chi connectivity index (χ1) is 10.5. The predicted molar refractivity (Wildman–Crippen MR) is 85.5 cm³/mol. The number of hydrogen-bond acceptors (Lipinski definition) is 6. The van der Waals surface area contributed by atoms with Crippen molar-refractivity contribution in [2.45, 2.75) is 37.3 Å². The lowest BCUT2D eigenvalue weighted by molar-refractivity contribution is -0.139. The molecule has 0 fully saturated rings. The molecule has 1 aromatic carbocycles. The third kappa shape index (κ3) is 3.86. The molecule has 1 atom stereocenters. The number of hydrogen-bond donors (Lipinski definition) is 1. The van der Waals surface area contributed by atoms with Gasteiger partial charge < -0.3 is 15.0 Å². The molecule has 2 rings (SSSR count). The van der Waals surface area contributed by atoms with Crippen LogP contribution >= 0.6 is 11.8 Å². The van der Waals surface area contributed by atoms with Gasteiger partial charge in [-0.25, -0.2) is 0 Å². The first kappa shape index (κ1) is 16.5. The number of benzene rings is 1. The monoisotopic (exact) mass is 320 g/mol. The number of carbonyl (C=O) groups excluding carboxylic acids is 1. The van der Waals surface area contributed by atoms with Crippen LogP contribution in [0.1, 0.15) is 23.9 Å². The summed E-state index contributed by atoms with van der Waals surface area (Å²) in [7, 11) is 1.38. The molecular weight excluding hydrogens is 300 g/mol. The number of ether oxygens (including phenoxy) is 1. The Balaban J connectivity index is 2.23. The van der Waals surface area contributed by atoms with E-state index in [4.69, 9.17) is 10.5 Å². The molecule has 2 N–H and O–H groups in total. The lowest BCUT2D eigenvalue weighted by atomic mass is 10.1. The van der Waals surface area contributed by atoms with Gasteiger partial charge in [-0.15, -0.1) is 10.2 Å². The van der Waals surface area contributed by atoms with Gasteiger partial charge in [-0.1, -0.05) is 41.6 Å². The number of aryl methyl sites for hydroxylation is 1. The fraction of sp³-hybridized carbons (Fsp3) is 0.400. The van der Waals surface area contributed by atoms with Crippen LogP contribution in [-0.4, -0.2) is 33.1 Å². The average Bonchev–Trinajstić information content (AvgIpc) is 2.90. The van der Waals surface area contributed by atoms with Crippen LogP contribution in [0.25, 0.3) is 0 Å². The van der Waals surface area contributed by atoms with Gasteiger partial charge in [0.2, 0.25) is 0 Å². The number of nitrogens with two attached hydrogens (primary N) is 1. The van der Waals surface area contributed by atoms with Crippen molar-refractivity contribution >= 4 is 17.7 Å². The van der Waals surface area contributed by atoms with Crippen molar-refractivity contribution in [2.24, 2.45) is 5.73 Å². The van der Waals surface area contributed by atoms with E-state index in [0.717, 1.165) is 5.56 Å². The second-order valence-corrected chi connectivity index (χ2v) is 6.27. The smallest absolute Gasteiger partial charge is 0.318 e.